The first-order valence-electron chi connectivity index (χ1n) is 7.61. The molecule has 0 N–H and O–H groups in total. The van der Waals surface area contributed by atoms with Crippen molar-refractivity contribution in [3.8, 4) is 22.4 Å². The minimum absolute atomic E-state index is 0.199. The first-order chi connectivity index (χ1) is 13.2. The summed E-state index contributed by atoms with van der Waals surface area (Å²) < 4.78 is 4.78. The number of rotatable bonds is 3. The highest BCUT2D eigenvalue weighted by Crippen LogP contribution is 2.45. The number of hydrogen-bond donors (Lipinski definition) is 0. The van der Waals surface area contributed by atoms with Crippen molar-refractivity contribution in [3.63, 3.8) is 0 Å². The number of benzene rings is 2. The van der Waals surface area contributed by atoms with E-state index in [0.29, 0.717) is 32.4 Å². The lowest BCUT2D eigenvalue weighted by molar-refractivity contribution is 0.0600. The standard InChI is InChI=1S/C19H9Cl6NO2/c1-28-19(27)8-2-11(16-12(22)3-9(20)4-13(16)23)18(26-7-8)17-14(24)5-10(21)6-15(17)25/h2-7H,1H3. The number of pyridine rings is 1. The molecule has 0 fully saturated rings. The molecule has 0 saturated heterocycles. The van der Waals surface area contributed by atoms with Gasteiger partial charge in [-0.15, -0.1) is 0 Å². The fourth-order valence-corrected chi connectivity index (χ4v) is 4.67. The highest BCUT2D eigenvalue weighted by atomic mass is 35.5. The Morgan fingerprint density at radius 1 is 0.786 bits per heavy atom. The van der Waals surface area contributed by atoms with E-state index in [1.807, 2.05) is 0 Å². The number of aromatic nitrogens is 1. The van der Waals surface area contributed by atoms with Gasteiger partial charge in [0.2, 0.25) is 0 Å². The summed E-state index contributed by atoms with van der Waals surface area (Å²) in [5.74, 6) is -0.574. The smallest absolute Gasteiger partial charge is 0.339 e. The first kappa shape index (κ1) is 21.5. The molecule has 0 aliphatic heterocycles. The Morgan fingerprint density at radius 2 is 1.25 bits per heavy atom. The van der Waals surface area contributed by atoms with Gasteiger partial charge in [0.15, 0.2) is 0 Å². The van der Waals surface area contributed by atoms with E-state index in [4.69, 9.17) is 74.3 Å². The average molecular weight is 496 g/mol. The van der Waals surface area contributed by atoms with E-state index in [0.717, 1.165) is 0 Å². The molecule has 2 aromatic carbocycles. The van der Waals surface area contributed by atoms with Crippen LogP contribution in [0.4, 0.5) is 0 Å². The molecule has 0 bridgehead atoms. The van der Waals surface area contributed by atoms with E-state index >= 15 is 0 Å². The predicted molar refractivity (Wildman–Crippen MR) is 117 cm³/mol. The van der Waals surface area contributed by atoms with Crippen molar-refractivity contribution in [1.29, 1.82) is 0 Å². The third-order valence-corrected chi connectivity index (χ3v) is 5.46. The van der Waals surface area contributed by atoms with Gasteiger partial charge in [-0.25, -0.2) is 4.79 Å². The molecule has 0 aliphatic carbocycles. The lowest BCUT2D eigenvalue weighted by Crippen LogP contribution is -2.04. The van der Waals surface area contributed by atoms with Gasteiger partial charge in [-0.3, -0.25) is 4.98 Å². The van der Waals surface area contributed by atoms with Crippen LogP contribution in [-0.4, -0.2) is 18.1 Å². The van der Waals surface area contributed by atoms with Gasteiger partial charge >= 0.3 is 5.97 Å². The van der Waals surface area contributed by atoms with E-state index in [2.05, 4.69) is 4.98 Å². The number of carbonyl (C=O) groups excluding carboxylic acids is 1. The second kappa shape index (κ2) is 8.66. The summed E-state index contributed by atoms with van der Waals surface area (Å²) in [5.41, 5.74) is 1.83. The predicted octanol–water partition coefficient (Wildman–Crippen LogP) is 8.12. The second-order valence-corrected chi connectivity index (χ2v) is 8.10. The van der Waals surface area contributed by atoms with Crippen molar-refractivity contribution >= 4 is 75.6 Å². The largest absolute Gasteiger partial charge is 0.465 e. The van der Waals surface area contributed by atoms with E-state index < -0.39 is 5.97 Å². The van der Waals surface area contributed by atoms with Crippen LogP contribution in [0.15, 0.2) is 36.5 Å². The van der Waals surface area contributed by atoms with Gasteiger partial charge in [-0.05, 0) is 30.3 Å². The monoisotopic (exact) mass is 493 g/mol. The van der Waals surface area contributed by atoms with Crippen LogP contribution in [0.2, 0.25) is 30.1 Å². The lowest BCUT2D eigenvalue weighted by Gasteiger charge is -2.16. The molecule has 3 aromatic rings. The number of ether oxygens (including phenoxy) is 1. The van der Waals surface area contributed by atoms with E-state index in [1.165, 1.54) is 37.6 Å². The van der Waals surface area contributed by atoms with Crippen molar-refractivity contribution in [1.82, 2.24) is 4.98 Å². The van der Waals surface area contributed by atoms with Crippen LogP contribution in [0, 0.1) is 0 Å². The van der Waals surface area contributed by atoms with Crippen molar-refractivity contribution in [2.45, 2.75) is 0 Å². The zero-order valence-corrected chi connectivity index (χ0v) is 18.5. The van der Waals surface area contributed by atoms with Crippen LogP contribution >= 0.6 is 69.6 Å². The molecule has 3 nitrogen and oxygen atoms in total. The fourth-order valence-electron chi connectivity index (χ4n) is 2.65. The molecule has 9 heteroatoms. The molecule has 28 heavy (non-hydrogen) atoms. The highest BCUT2D eigenvalue weighted by molar-refractivity contribution is 6.43. The van der Waals surface area contributed by atoms with Gasteiger partial charge in [0.1, 0.15) is 0 Å². The molecule has 0 atom stereocenters. The summed E-state index contributed by atoms with van der Waals surface area (Å²) in [5, 5.41) is 1.82. The normalized spacial score (nSPS) is 10.8. The van der Waals surface area contributed by atoms with Crippen LogP contribution in [0.25, 0.3) is 22.4 Å². The lowest BCUT2D eigenvalue weighted by atomic mass is 9.97. The maximum atomic E-state index is 12.0. The number of carbonyl (C=O) groups is 1. The molecule has 144 valence electrons. The Hall–Kier alpha value is -1.20. The van der Waals surface area contributed by atoms with Crippen LogP contribution in [-0.2, 0) is 4.74 Å². The summed E-state index contributed by atoms with van der Waals surface area (Å²) in [7, 11) is 1.27. The highest BCUT2D eigenvalue weighted by Gasteiger charge is 2.22. The topological polar surface area (TPSA) is 39.2 Å². The van der Waals surface area contributed by atoms with E-state index in [-0.39, 0.29) is 25.7 Å². The van der Waals surface area contributed by atoms with Crippen LogP contribution in [0.5, 0.6) is 0 Å². The minimum atomic E-state index is -0.574. The Labute approximate surface area is 191 Å². The average Bonchev–Trinajstić information content (AvgIpc) is 2.60. The maximum absolute atomic E-state index is 12.0. The molecule has 0 spiro atoms. The van der Waals surface area contributed by atoms with Crippen LogP contribution in [0.1, 0.15) is 10.4 Å². The molecule has 0 saturated carbocycles. The van der Waals surface area contributed by atoms with Crippen LogP contribution < -0.4 is 0 Å². The Morgan fingerprint density at radius 3 is 1.71 bits per heavy atom. The summed E-state index contributed by atoms with van der Waals surface area (Å²) >= 11 is 37.6. The Balaban J connectivity index is 2.39. The number of methoxy groups -OCH3 is 1. The number of halogens is 6. The first-order valence-corrected chi connectivity index (χ1v) is 9.88. The second-order valence-electron chi connectivity index (χ2n) is 5.60. The van der Waals surface area contributed by atoms with E-state index in [9.17, 15) is 4.79 Å². The van der Waals surface area contributed by atoms with Crippen LogP contribution in [0.3, 0.4) is 0 Å². The summed E-state index contributed by atoms with van der Waals surface area (Å²) in [6, 6.07) is 7.69. The molecule has 1 aromatic heterocycles. The van der Waals surface area contributed by atoms with Gasteiger partial charge in [0.25, 0.3) is 0 Å². The Bertz CT molecular complexity index is 1050. The molecular formula is C19H9Cl6NO2. The van der Waals surface area contributed by atoms with Gasteiger partial charge in [-0.1, -0.05) is 69.6 Å². The summed E-state index contributed by atoms with van der Waals surface area (Å²) in [4.78, 5) is 16.4. The minimum Gasteiger partial charge on any atom is -0.465 e. The number of esters is 1. The Kier molecular flexibility index (Phi) is 6.65. The molecule has 0 aliphatic rings. The third kappa shape index (κ3) is 4.20. The summed E-state index contributed by atoms with van der Waals surface area (Å²) in [6.45, 7) is 0. The zero-order chi connectivity index (χ0) is 20.6. The molecule has 0 radical (unpaired) electrons. The van der Waals surface area contributed by atoms with Crippen molar-refractivity contribution in [2.75, 3.05) is 7.11 Å². The molecule has 0 unspecified atom stereocenters. The molecule has 1 heterocycles. The van der Waals surface area contributed by atoms with Gasteiger partial charge < -0.3 is 4.74 Å². The third-order valence-electron chi connectivity index (χ3n) is 3.83. The van der Waals surface area contributed by atoms with Crippen molar-refractivity contribution < 1.29 is 9.53 Å². The van der Waals surface area contributed by atoms with Gasteiger partial charge in [-0.2, -0.15) is 0 Å². The quantitative estimate of drug-likeness (QED) is 0.344. The SMILES string of the molecule is COC(=O)c1cnc(-c2c(Cl)cc(Cl)cc2Cl)c(-c2c(Cl)cc(Cl)cc2Cl)c1. The number of hydrogen-bond acceptors (Lipinski definition) is 3. The van der Waals surface area contributed by atoms with Crippen molar-refractivity contribution in [2.24, 2.45) is 0 Å². The zero-order valence-electron chi connectivity index (χ0n) is 14.0. The number of nitrogens with zero attached hydrogens (tertiary/aromatic N) is 1. The molecule has 3 rings (SSSR count). The van der Waals surface area contributed by atoms with Gasteiger partial charge in [0.05, 0.1) is 38.5 Å². The summed E-state index contributed by atoms with van der Waals surface area (Å²) in [6.07, 6.45) is 1.35. The maximum Gasteiger partial charge on any atom is 0.339 e. The fraction of sp³-hybridized carbons (Fsp3) is 0.0526. The molecule has 0 amide bonds. The molecular weight excluding hydrogens is 487 g/mol. The van der Waals surface area contributed by atoms with Gasteiger partial charge in [0, 0.05) is 32.9 Å². The van der Waals surface area contributed by atoms with E-state index in [1.54, 1.807) is 6.07 Å². The van der Waals surface area contributed by atoms with Crippen molar-refractivity contribution in [3.05, 3.63) is 72.2 Å².